The minimum Gasteiger partial charge on any atom is -0.479 e. The molecule has 1 aromatic heterocycles. The van der Waals surface area contributed by atoms with Crippen LogP contribution in [0.25, 0.3) is 0 Å². The quantitative estimate of drug-likeness (QED) is 0.871. The van der Waals surface area contributed by atoms with Gasteiger partial charge in [0.25, 0.3) is 0 Å². The van der Waals surface area contributed by atoms with E-state index in [-0.39, 0.29) is 0 Å². The van der Waals surface area contributed by atoms with Crippen LogP contribution in [0, 0.1) is 6.92 Å². The fourth-order valence-corrected chi connectivity index (χ4v) is 2.38. The molecule has 88 valence electrons. The first-order valence-corrected chi connectivity index (χ1v) is 6.14. The molecular weight excluding hydrogens is 234 g/mol. The predicted octanol–water partition coefficient (Wildman–Crippen LogP) is 3.29. The van der Waals surface area contributed by atoms with Crippen molar-refractivity contribution < 1.29 is 9.90 Å². The van der Waals surface area contributed by atoms with Crippen LogP contribution < -0.4 is 5.32 Å². The number of aliphatic carboxylic acids is 1. The van der Waals surface area contributed by atoms with Crippen LogP contribution in [0.5, 0.6) is 0 Å². The molecule has 1 atom stereocenters. The molecule has 0 saturated carbocycles. The van der Waals surface area contributed by atoms with Crippen molar-refractivity contribution in [1.29, 1.82) is 0 Å². The van der Waals surface area contributed by atoms with Gasteiger partial charge in [-0.2, -0.15) is 0 Å². The summed E-state index contributed by atoms with van der Waals surface area (Å²) in [7, 11) is 0. The lowest BCUT2D eigenvalue weighted by molar-refractivity contribution is -0.138. The molecule has 0 spiro atoms. The van der Waals surface area contributed by atoms with Gasteiger partial charge < -0.3 is 10.4 Å². The third kappa shape index (κ3) is 2.85. The van der Waals surface area contributed by atoms with Gasteiger partial charge in [-0.15, -0.1) is 11.3 Å². The average molecular weight is 247 g/mol. The van der Waals surface area contributed by atoms with E-state index in [4.69, 9.17) is 0 Å². The molecule has 1 unspecified atom stereocenters. The van der Waals surface area contributed by atoms with E-state index in [9.17, 15) is 9.90 Å². The summed E-state index contributed by atoms with van der Waals surface area (Å²) < 4.78 is 0. The molecule has 4 heteroatoms. The van der Waals surface area contributed by atoms with E-state index in [1.54, 1.807) is 0 Å². The van der Waals surface area contributed by atoms with E-state index in [1.165, 1.54) is 11.3 Å². The second-order valence-electron chi connectivity index (χ2n) is 3.80. The molecule has 0 radical (unpaired) electrons. The molecule has 0 aliphatic heterocycles. The highest BCUT2D eigenvalue weighted by Crippen LogP contribution is 2.24. The molecular formula is C13H13NO2S. The standard InChI is InChI=1S/C13H13NO2S/c1-9-4-2-5-10(8-9)14-12(13(15)16)11-6-3-7-17-11/h2-8,12,14H,1H3,(H,15,16). The van der Waals surface area contributed by atoms with Gasteiger partial charge in [-0.3, -0.25) is 0 Å². The Morgan fingerprint density at radius 3 is 2.76 bits per heavy atom. The first-order valence-electron chi connectivity index (χ1n) is 5.26. The number of hydrogen-bond acceptors (Lipinski definition) is 3. The molecule has 1 heterocycles. The number of carboxylic acids is 1. The van der Waals surface area contributed by atoms with Crippen molar-refractivity contribution in [3.8, 4) is 0 Å². The van der Waals surface area contributed by atoms with Gasteiger partial charge >= 0.3 is 5.97 Å². The van der Waals surface area contributed by atoms with Crippen LogP contribution in [-0.4, -0.2) is 11.1 Å². The van der Waals surface area contributed by atoms with E-state index in [2.05, 4.69) is 5.32 Å². The summed E-state index contributed by atoms with van der Waals surface area (Å²) in [5.41, 5.74) is 1.93. The van der Waals surface area contributed by atoms with Crippen LogP contribution in [0.4, 0.5) is 5.69 Å². The number of hydrogen-bond donors (Lipinski definition) is 2. The Morgan fingerprint density at radius 2 is 2.18 bits per heavy atom. The molecule has 0 bridgehead atoms. The molecule has 2 rings (SSSR count). The summed E-state index contributed by atoms with van der Waals surface area (Å²) in [6.07, 6.45) is 0. The van der Waals surface area contributed by atoms with Gasteiger partial charge in [0.2, 0.25) is 0 Å². The predicted molar refractivity (Wildman–Crippen MR) is 69.5 cm³/mol. The molecule has 0 aliphatic carbocycles. The maximum atomic E-state index is 11.2. The summed E-state index contributed by atoms with van der Waals surface area (Å²) in [4.78, 5) is 12.0. The number of anilines is 1. The summed E-state index contributed by atoms with van der Waals surface area (Å²) in [5.74, 6) is -0.867. The summed E-state index contributed by atoms with van der Waals surface area (Å²) in [5, 5.41) is 14.1. The van der Waals surface area contributed by atoms with Gasteiger partial charge in [0.05, 0.1) is 0 Å². The molecule has 3 nitrogen and oxygen atoms in total. The number of aryl methyl sites for hydroxylation is 1. The third-order valence-electron chi connectivity index (χ3n) is 2.40. The minimum atomic E-state index is -0.867. The number of rotatable bonds is 4. The van der Waals surface area contributed by atoms with Gasteiger partial charge in [-0.25, -0.2) is 4.79 Å². The van der Waals surface area contributed by atoms with Gasteiger partial charge in [-0.05, 0) is 36.1 Å². The molecule has 0 aliphatic rings. The number of carbonyl (C=O) groups is 1. The highest BCUT2D eigenvalue weighted by Gasteiger charge is 2.20. The normalized spacial score (nSPS) is 12.1. The lowest BCUT2D eigenvalue weighted by Gasteiger charge is -2.14. The second-order valence-corrected chi connectivity index (χ2v) is 4.78. The van der Waals surface area contributed by atoms with E-state index >= 15 is 0 Å². The van der Waals surface area contributed by atoms with Gasteiger partial charge in [-0.1, -0.05) is 18.2 Å². The first-order chi connectivity index (χ1) is 8.16. The molecule has 0 amide bonds. The van der Waals surface area contributed by atoms with Crippen molar-refractivity contribution in [3.63, 3.8) is 0 Å². The Kier molecular flexibility index (Phi) is 3.44. The maximum absolute atomic E-state index is 11.2. The van der Waals surface area contributed by atoms with Gasteiger partial charge in [0.15, 0.2) is 6.04 Å². The van der Waals surface area contributed by atoms with Crippen LogP contribution >= 0.6 is 11.3 Å². The smallest absolute Gasteiger partial charge is 0.331 e. The Morgan fingerprint density at radius 1 is 1.35 bits per heavy atom. The average Bonchev–Trinajstić information content (AvgIpc) is 2.78. The SMILES string of the molecule is Cc1cccc(NC(C(=O)O)c2cccs2)c1. The Bertz CT molecular complexity index is 508. The third-order valence-corrected chi connectivity index (χ3v) is 3.34. The van der Waals surface area contributed by atoms with E-state index < -0.39 is 12.0 Å². The molecule has 0 saturated heterocycles. The van der Waals surface area contributed by atoms with Crippen LogP contribution in [0.2, 0.25) is 0 Å². The summed E-state index contributed by atoms with van der Waals surface area (Å²) in [6, 6.07) is 10.7. The van der Waals surface area contributed by atoms with Crippen molar-refractivity contribution in [3.05, 3.63) is 52.2 Å². The lowest BCUT2D eigenvalue weighted by atomic mass is 10.2. The molecule has 0 fully saturated rings. The van der Waals surface area contributed by atoms with Crippen LogP contribution in [0.3, 0.4) is 0 Å². The number of carboxylic acid groups (broad SMARTS) is 1. The van der Waals surface area contributed by atoms with Crippen LogP contribution in [0.15, 0.2) is 41.8 Å². The second kappa shape index (κ2) is 5.01. The molecule has 2 N–H and O–H groups in total. The summed E-state index contributed by atoms with van der Waals surface area (Å²) >= 11 is 1.44. The van der Waals surface area contributed by atoms with Crippen molar-refractivity contribution in [2.24, 2.45) is 0 Å². The number of thiophene rings is 1. The van der Waals surface area contributed by atoms with Crippen LogP contribution in [-0.2, 0) is 4.79 Å². The minimum absolute atomic E-state index is 0.684. The maximum Gasteiger partial charge on any atom is 0.331 e. The van der Waals surface area contributed by atoms with Crippen molar-refractivity contribution in [2.45, 2.75) is 13.0 Å². The van der Waals surface area contributed by atoms with Gasteiger partial charge in [0, 0.05) is 10.6 Å². The Balaban J connectivity index is 2.22. The monoisotopic (exact) mass is 247 g/mol. The molecule has 2 aromatic rings. The highest BCUT2D eigenvalue weighted by atomic mass is 32.1. The summed E-state index contributed by atoms with van der Waals surface area (Å²) in [6.45, 7) is 1.98. The topological polar surface area (TPSA) is 49.3 Å². The van der Waals surface area contributed by atoms with Crippen molar-refractivity contribution in [2.75, 3.05) is 5.32 Å². The van der Waals surface area contributed by atoms with Crippen LogP contribution in [0.1, 0.15) is 16.5 Å². The fraction of sp³-hybridized carbons (Fsp3) is 0.154. The molecule has 17 heavy (non-hydrogen) atoms. The molecule has 1 aromatic carbocycles. The van der Waals surface area contributed by atoms with E-state index in [1.807, 2.05) is 48.7 Å². The number of nitrogens with one attached hydrogen (secondary N) is 1. The Labute approximate surface area is 104 Å². The zero-order chi connectivity index (χ0) is 12.3. The Hall–Kier alpha value is -1.81. The number of benzene rings is 1. The first kappa shape index (κ1) is 11.7. The zero-order valence-corrected chi connectivity index (χ0v) is 10.2. The largest absolute Gasteiger partial charge is 0.479 e. The van der Waals surface area contributed by atoms with Crippen molar-refractivity contribution in [1.82, 2.24) is 0 Å². The van der Waals surface area contributed by atoms with Crippen molar-refractivity contribution >= 4 is 23.0 Å². The fourth-order valence-electron chi connectivity index (χ4n) is 1.61. The van der Waals surface area contributed by atoms with E-state index in [0.29, 0.717) is 0 Å². The van der Waals surface area contributed by atoms with E-state index in [0.717, 1.165) is 16.1 Å². The zero-order valence-electron chi connectivity index (χ0n) is 9.38. The highest BCUT2D eigenvalue weighted by molar-refractivity contribution is 7.10. The van der Waals surface area contributed by atoms with Gasteiger partial charge in [0.1, 0.15) is 0 Å². The lowest BCUT2D eigenvalue weighted by Crippen LogP contribution is -2.19.